The number of aromatic nitrogens is 2. The minimum atomic E-state index is -2.30. The van der Waals surface area contributed by atoms with Crippen LogP contribution in [0.25, 0.3) is 0 Å². The van der Waals surface area contributed by atoms with Crippen LogP contribution in [0.15, 0.2) is 102 Å². The number of nitrogens with zero attached hydrogens (tertiary/aromatic N) is 3. The van der Waals surface area contributed by atoms with Crippen molar-refractivity contribution >= 4 is 87.0 Å². The quantitative estimate of drug-likeness (QED) is 0.0311. The van der Waals surface area contributed by atoms with Crippen LogP contribution >= 0.6 is 58.2 Å². The average Bonchev–Trinajstić information content (AvgIpc) is 1.38. The molecule has 18 nitrogen and oxygen atoms in total. The van der Waals surface area contributed by atoms with E-state index in [1.54, 1.807) is 57.6 Å². The maximum atomic E-state index is 17.2. The van der Waals surface area contributed by atoms with E-state index in [2.05, 4.69) is 32.7 Å². The number of aliphatic hydroxyl groups is 3. The molecule has 1 aromatic heterocycles. The normalized spacial score (nSPS) is 36.5. The van der Waals surface area contributed by atoms with Gasteiger partial charge in [0, 0.05) is 79.6 Å². The van der Waals surface area contributed by atoms with Crippen LogP contribution in [0.5, 0.6) is 0 Å². The highest BCUT2D eigenvalue weighted by Crippen LogP contribution is 2.76. The molecule has 1 unspecified atom stereocenters. The Morgan fingerprint density at radius 3 is 2.14 bits per heavy atom. The number of carboxylic acids is 1. The number of imidazole rings is 1. The number of fused-ring (bicyclic) bond motifs is 10. The van der Waals surface area contributed by atoms with E-state index in [-0.39, 0.29) is 77.5 Å². The summed E-state index contributed by atoms with van der Waals surface area (Å²) < 4.78 is 65.8. The van der Waals surface area contributed by atoms with E-state index >= 15 is 8.78 Å². The molecule has 0 spiro atoms. The van der Waals surface area contributed by atoms with Gasteiger partial charge in [-0.05, 0) is 202 Å². The zero-order chi connectivity index (χ0) is 74.2. The fourth-order valence-electron chi connectivity index (χ4n) is 19.8. The number of rotatable bonds is 15. The molecule has 550 valence electrons. The van der Waals surface area contributed by atoms with Gasteiger partial charge >= 0.3 is 17.9 Å². The maximum Gasteiger partial charge on any atom is 0.331 e. The van der Waals surface area contributed by atoms with E-state index in [0.717, 1.165) is 54.0 Å². The van der Waals surface area contributed by atoms with Crippen molar-refractivity contribution in [1.29, 1.82) is 0 Å². The molecule has 7 saturated carbocycles. The number of thioether (sulfide) groups is 1. The molecule has 20 atom stereocenters. The number of carbonyl (C=O) groups is 5. The second kappa shape index (κ2) is 31.6. The molecule has 0 bridgehead atoms. The fourth-order valence-corrected chi connectivity index (χ4v) is 21.6. The lowest BCUT2D eigenvalue weighted by Gasteiger charge is -2.69. The Labute approximate surface area is 606 Å². The summed E-state index contributed by atoms with van der Waals surface area (Å²) >= 11 is 24.9. The Morgan fingerprint density at radius 2 is 1.55 bits per heavy atom. The standard InChI is InChI=1S/C31H48O6.C25H31F3O5S.C18H14Cl4N2O.HNO3/c1-17(2)9-8-10-20(28(35)36)26-22-15-24(34)27-29(5)13-12-23(33)18(3)21(29)11-14-30(27,6)31(22,7)16-25(26)37-19(4)32;1-5-20(31)33-25(21(32)34-12-26)13(2)8-15-16-10-18(27)17-9-14(29)6-7-22(17,3)24(16,28)19(30)11-23(15,25)4;19-13-2-1-12(16(21)7-13)10-25-18(9-24-6-5-23-11-24)15-4-3-14(20)8-17(15)22;2-1(3)4/h9,18,21-25,27,33-34H,8,10-16H2,1-7H3,(H,35,36);6-7,9,13,15-16,18-19,30H,5,8,10-12H2,1-4H3;1-8,11,18H,9-10H2;(H,2,3,4)/b26-20-;;;/t18-,21-,22-,23+,24+,25-,27-,29-,30-,31-;13-,15+,16+,18+,19+,22+,23+,24+,25+;;/m01../s1. The number of hydrogen-bond acceptors (Lipinski definition) is 15. The SMILES string of the molecule is CC(=O)O[C@H]1C[C@@]2(C)[C@@H](C[C@@H](O)[C@H]3[C@@]4(C)CC[C@@H](O)[C@@H](C)[C@@H]4CC[C@@]32C)/C1=C(\CCC=C(C)C)C(=O)O.CCC(=O)O[C@]1(C(=O)SCF)[C@H](C)C[C@H]2[C@@H]3C[C@H](F)C4=CC(=O)C=C[C@]4(C)[C@@]3(F)[C@@H](O)C[C@@]21C.Clc1ccc(COC(Cn2ccnc2)c2ccc(Cl)cc2Cl)c(Cl)c1.O=[N+]([O-])O. The van der Waals surface area contributed by atoms with Gasteiger partial charge in [-0.25, -0.2) is 22.9 Å². The van der Waals surface area contributed by atoms with E-state index in [0.29, 0.717) is 82.2 Å². The third-order valence-corrected chi connectivity index (χ3v) is 26.3. The lowest BCUT2D eigenvalue weighted by Crippen LogP contribution is -2.70. The molecule has 11 rings (SSSR count). The summed E-state index contributed by atoms with van der Waals surface area (Å²) in [5.41, 5.74) is -3.57. The molecule has 8 aliphatic carbocycles. The number of carboxylic acid groups (broad SMARTS) is 1. The Bertz CT molecular complexity index is 3690. The van der Waals surface area contributed by atoms with Crippen molar-refractivity contribution in [2.75, 3.05) is 6.01 Å². The highest BCUT2D eigenvalue weighted by molar-refractivity contribution is 8.13. The van der Waals surface area contributed by atoms with Crippen LogP contribution in [-0.2, 0) is 51.3 Å². The van der Waals surface area contributed by atoms with Crippen LogP contribution in [0.3, 0.4) is 0 Å². The first kappa shape index (κ1) is 80.4. The number of halogens is 7. The maximum absolute atomic E-state index is 17.2. The summed E-state index contributed by atoms with van der Waals surface area (Å²) in [6, 6.07) is 9.68. The highest BCUT2D eigenvalue weighted by Gasteiger charge is 2.78. The summed E-state index contributed by atoms with van der Waals surface area (Å²) in [4.78, 5) is 75.0. The van der Waals surface area contributed by atoms with Gasteiger partial charge in [0.25, 0.3) is 5.09 Å². The van der Waals surface area contributed by atoms with Gasteiger partial charge in [-0.15, -0.1) is 10.1 Å². The molecular formula is C74H94Cl4F3N3O15S. The average molecular weight is 1500 g/mol. The lowest BCUT2D eigenvalue weighted by molar-refractivity contribution is -0.742. The number of allylic oxidation sites excluding steroid dienone is 6. The predicted octanol–water partition coefficient (Wildman–Crippen LogP) is 16.2. The van der Waals surface area contributed by atoms with Crippen molar-refractivity contribution in [2.24, 2.45) is 68.5 Å². The van der Waals surface area contributed by atoms with Gasteiger partial charge in [-0.3, -0.25) is 19.2 Å². The van der Waals surface area contributed by atoms with Gasteiger partial charge in [0.2, 0.25) is 5.12 Å². The smallest absolute Gasteiger partial charge is 0.331 e. The van der Waals surface area contributed by atoms with Gasteiger partial charge in [0.15, 0.2) is 17.1 Å². The monoisotopic (exact) mass is 1490 g/mol. The van der Waals surface area contributed by atoms with E-state index in [1.165, 1.54) is 26.0 Å². The Hall–Kier alpha value is -5.30. The summed E-state index contributed by atoms with van der Waals surface area (Å²) in [5, 5.41) is 59.5. The van der Waals surface area contributed by atoms with Crippen molar-refractivity contribution in [3.63, 3.8) is 0 Å². The second-order valence-corrected chi connectivity index (χ2v) is 32.5. The molecule has 0 saturated heterocycles. The molecule has 5 N–H and O–H groups in total. The van der Waals surface area contributed by atoms with Crippen molar-refractivity contribution in [3.8, 4) is 0 Å². The number of aliphatic hydroxyl groups excluding tert-OH is 3. The highest BCUT2D eigenvalue weighted by atomic mass is 35.5. The number of carbonyl (C=O) groups excluding carboxylic acids is 4. The Balaban J connectivity index is 0.000000189. The molecular weight excluding hydrogens is 1400 g/mol. The molecule has 0 amide bonds. The van der Waals surface area contributed by atoms with Gasteiger partial charge in [-0.1, -0.05) is 125 Å². The van der Waals surface area contributed by atoms with Crippen LogP contribution in [0, 0.1) is 78.6 Å². The van der Waals surface area contributed by atoms with E-state index in [1.807, 2.05) is 42.8 Å². The number of alkyl halides is 3. The van der Waals surface area contributed by atoms with Gasteiger partial charge in [0.1, 0.15) is 24.4 Å². The summed E-state index contributed by atoms with van der Waals surface area (Å²) in [5.74, 6) is -4.21. The lowest BCUT2D eigenvalue weighted by atomic mass is 9.36. The topological polar surface area (TPSA) is 275 Å². The van der Waals surface area contributed by atoms with Crippen LogP contribution in [0.2, 0.25) is 20.1 Å². The summed E-state index contributed by atoms with van der Waals surface area (Å²) in [7, 11) is 0. The largest absolute Gasteiger partial charge is 0.478 e. The van der Waals surface area contributed by atoms with E-state index in [9.17, 15) is 48.8 Å². The molecule has 0 aliphatic heterocycles. The van der Waals surface area contributed by atoms with Crippen LogP contribution < -0.4 is 0 Å². The number of ether oxygens (including phenoxy) is 3. The predicted molar refractivity (Wildman–Crippen MR) is 375 cm³/mol. The number of esters is 2. The minimum Gasteiger partial charge on any atom is -0.478 e. The Kier molecular flexibility index (Phi) is 25.4. The molecule has 8 aliphatic rings. The zero-order valence-electron chi connectivity index (χ0n) is 58.3. The van der Waals surface area contributed by atoms with Crippen LogP contribution in [-0.4, -0.2) is 117 Å². The first-order valence-electron chi connectivity index (χ1n) is 34.1. The first-order chi connectivity index (χ1) is 46.8. The number of benzene rings is 2. The molecule has 100 heavy (non-hydrogen) atoms. The summed E-state index contributed by atoms with van der Waals surface area (Å²) in [6.07, 6.45) is 11.4. The van der Waals surface area contributed by atoms with Crippen molar-refractivity contribution in [3.05, 3.63) is 143 Å². The number of hydrogen-bond donors (Lipinski definition) is 5. The molecule has 7 fully saturated rings. The summed E-state index contributed by atoms with van der Waals surface area (Å²) in [6.45, 7) is 21.8. The van der Waals surface area contributed by atoms with E-state index < -0.39 is 104 Å². The third-order valence-electron chi connectivity index (χ3n) is 24.5. The third kappa shape index (κ3) is 15.0. The second-order valence-electron chi connectivity index (χ2n) is 29.9. The van der Waals surface area contributed by atoms with Gasteiger partial charge in [0.05, 0.1) is 37.8 Å². The van der Waals surface area contributed by atoms with Gasteiger partial charge in [-0.2, -0.15) is 0 Å². The van der Waals surface area contributed by atoms with Gasteiger partial charge < -0.3 is 44.4 Å². The number of ketones is 1. The molecule has 0 radical (unpaired) electrons. The first-order valence-corrected chi connectivity index (χ1v) is 36.6. The minimum absolute atomic E-state index is 0.0141. The molecule has 3 aromatic rings. The zero-order valence-corrected chi connectivity index (χ0v) is 62.2. The molecule has 1 heterocycles. The van der Waals surface area contributed by atoms with Crippen molar-refractivity contribution < 1.29 is 82.1 Å². The van der Waals surface area contributed by atoms with Crippen molar-refractivity contribution in [2.45, 2.75) is 214 Å². The van der Waals surface area contributed by atoms with Crippen molar-refractivity contribution in [1.82, 2.24) is 9.55 Å². The number of aliphatic carboxylic acids is 1. The molecule has 2 aromatic carbocycles. The fraction of sp³-hybridized carbons (Fsp3) is 0.622. The van der Waals surface area contributed by atoms with E-state index in [4.69, 9.17) is 75.9 Å². The van der Waals surface area contributed by atoms with Crippen LogP contribution in [0.1, 0.15) is 170 Å². The Morgan fingerprint density at radius 1 is 0.890 bits per heavy atom. The van der Waals surface area contributed by atoms with Crippen LogP contribution in [0.4, 0.5) is 13.2 Å². The molecule has 26 heteroatoms.